The maximum absolute atomic E-state index is 5.18. The molecule has 1 N–H and O–H groups in total. The second kappa shape index (κ2) is 5.68. The molecular weight excluding hydrogens is 212 g/mol. The number of ether oxygens (including phenoxy) is 1. The molecule has 2 heterocycles. The van der Waals surface area contributed by atoms with E-state index in [9.17, 15) is 0 Å². The fourth-order valence-corrected chi connectivity index (χ4v) is 3.19. The van der Waals surface area contributed by atoms with Crippen LogP contribution in [0.4, 0.5) is 0 Å². The standard InChI is InChI=1S/C14H28N2O/c1-14(2,7-10-17-3)11-15-12-6-9-16-8-4-5-13(12)16/h12-13,15H,4-11H2,1-3H3. The fraction of sp³-hybridized carbons (Fsp3) is 1.00. The van der Waals surface area contributed by atoms with Crippen molar-refractivity contribution >= 4 is 0 Å². The largest absolute Gasteiger partial charge is 0.385 e. The second-order valence-electron chi connectivity index (χ2n) is 6.43. The summed E-state index contributed by atoms with van der Waals surface area (Å²) >= 11 is 0. The Labute approximate surface area is 106 Å². The number of nitrogens with one attached hydrogen (secondary N) is 1. The molecule has 2 atom stereocenters. The van der Waals surface area contributed by atoms with Crippen LogP contribution in [-0.2, 0) is 4.74 Å². The van der Waals surface area contributed by atoms with Gasteiger partial charge in [-0.05, 0) is 37.6 Å². The van der Waals surface area contributed by atoms with Gasteiger partial charge in [-0.15, -0.1) is 0 Å². The van der Waals surface area contributed by atoms with E-state index in [2.05, 4.69) is 24.1 Å². The highest BCUT2D eigenvalue weighted by molar-refractivity contribution is 4.96. The number of rotatable bonds is 6. The maximum atomic E-state index is 5.18. The molecule has 0 aromatic rings. The molecule has 2 aliphatic heterocycles. The van der Waals surface area contributed by atoms with Crippen LogP contribution < -0.4 is 5.32 Å². The monoisotopic (exact) mass is 240 g/mol. The molecule has 0 radical (unpaired) electrons. The Kier molecular flexibility index (Phi) is 4.45. The molecule has 0 spiro atoms. The van der Waals surface area contributed by atoms with E-state index in [0.29, 0.717) is 5.41 Å². The van der Waals surface area contributed by atoms with E-state index in [-0.39, 0.29) is 0 Å². The quantitative estimate of drug-likeness (QED) is 0.767. The first-order chi connectivity index (χ1) is 8.12. The number of methoxy groups -OCH3 is 1. The van der Waals surface area contributed by atoms with Crippen LogP contribution in [-0.4, -0.2) is 50.3 Å². The average molecular weight is 240 g/mol. The predicted octanol–water partition coefficient (Wildman–Crippen LogP) is 1.88. The van der Waals surface area contributed by atoms with Crippen molar-refractivity contribution < 1.29 is 4.74 Å². The summed E-state index contributed by atoms with van der Waals surface area (Å²) in [4.78, 5) is 2.67. The van der Waals surface area contributed by atoms with Crippen molar-refractivity contribution in [1.82, 2.24) is 10.2 Å². The van der Waals surface area contributed by atoms with Gasteiger partial charge in [-0.2, -0.15) is 0 Å². The first kappa shape index (κ1) is 13.3. The molecule has 0 aromatic carbocycles. The molecule has 100 valence electrons. The Morgan fingerprint density at radius 1 is 1.29 bits per heavy atom. The second-order valence-corrected chi connectivity index (χ2v) is 6.43. The summed E-state index contributed by atoms with van der Waals surface area (Å²) in [6.07, 6.45) is 5.27. The number of fused-ring (bicyclic) bond motifs is 1. The first-order valence-corrected chi connectivity index (χ1v) is 7.09. The highest BCUT2D eigenvalue weighted by Gasteiger charge is 2.37. The van der Waals surface area contributed by atoms with Gasteiger partial charge in [0.2, 0.25) is 0 Å². The lowest BCUT2D eigenvalue weighted by atomic mass is 9.89. The Balaban J connectivity index is 1.74. The molecule has 2 rings (SSSR count). The van der Waals surface area contributed by atoms with Crippen LogP contribution in [0.3, 0.4) is 0 Å². The highest BCUT2D eigenvalue weighted by atomic mass is 16.5. The molecule has 2 unspecified atom stereocenters. The molecule has 0 aromatic heterocycles. The van der Waals surface area contributed by atoms with Gasteiger partial charge in [-0.1, -0.05) is 13.8 Å². The fourth-order valence-electron chi connectivity index (χ4n) is 3.19. The normalized spacial score (nSPS) is 29.8. The summed E-state index contributed by atoms with van der Waals surface area (Å²) in [6, 6.07) is 1.56. The van der Waals surface area contributed by atoms with Gasteiger partial charge < -0.3 is 10.1 Å². The maximum Gasteiger partial charge on any atom is 0.0467 e. The molecule has 3 nitrogen and oxygen atoms in total. The Morgan fingerprint density at radius 2 is 2.12 bits per heavy atom. The van der Waals surface area contributed by atoms with Crippen molar-refractivity contribution in [2.24, 2.45) is 5.41 Å². The van der Waals surface area contributed by atoms with E-state index >= 15 is 0 Å². The van der Waals surface area contributed by atoms with Gasteiger partial charge in [0.1, 0.15) is 0 Å². The third-order valence-electron chi connectivity index (χ3n) is 4.43. The molecule has 0 amide bonds. The van der Waals surface area contributed by atoms with Gasteiger partial charge in [-0.25, -0.2) is 0 Å². The zero-order valence-electron chi connectivity index (χ0n) is 11.7. The first-order valence-electron chi connectivity index (χ1n) is 7.09. The average Bonchev–Trinajstić information content (AvgIpc) is 2.86. The van der Waals surface area contributed by atoms with Crippen LogP contribution in [0.5, 0.6) is 0 Å². The topological polar surface area (TPSA) is 24.5 Å². The third kappa shape index (κ3) is 3.43. The van der Waals surface area contributed by atoms with Gasteiger partial charge >= 0.3 is 0 Å². The van der Waals surface area contributed by atoms with Crippen LogP contribution in [0.2, 0.25) is 0 Å². The molecule has 2 aliphatic rings. The predicted molar refractivity (Wildman–Crippen MR) is 71.3 cm³/mol. The molecular formula is C14H28N2O. The zero-order valence-corrected chi connectivity index (χ0v) is 11.7. The van der Waals surface area contributed by atoms with Crippen molar-refractivity contribution in [3.05, 3.63) is 0 Å². The minimum absolute atomic E-state index is 0.349. The lowest BCUT2D eigenvalue weighted by molar-refractivity contribution is 0.147. The summed E-state index contributed by atoms with van der Waals surface area (Å²) in [5.74, 6) is 0. The lowest BCUT2D eigenvalue weighted by Crippen LogP contribution is -2.43. The number of hydrogen-bond acceptors (Lipinski definition) is 3. The smallest absolute Gasteiger partial charge is 0.0467 e. The van der Waals surface area contributed by atoms with Gasteiger partial charge in [-0.3, -0.25) is 4.90 Å². The summed E-state index contributed by atoms with van der Waals surface area (Å²) in [5.41, 5.74) is 0.349. The van der Waals surface area contributed by atoms with Crippen LogP contribution in [0.1, 0.15) is 39.5 Å². The number of nitrogens with zero attached hydrogens (tertiary/aromatic N) is 1. The molecule has 2 fully saturated rings. The number of hydrogen-bond donors (Lipinski definition) is 1. The van der Waals surface area contributed by atoms with E-state index in [4.69, 9.17) is 4.74 Å². The summed E-state index contributed by atoms with van der Waals surface area (Å²) in [7, 11) is 1.79. The van der Waals surface area contributed by atoms with E-state index < -0.39 is 0 Å². The summed E-state index contributed by atoms with van der Waals surface area (Å²) in [6.45, 7) is 9.29. The van der Waals surface area contributed by atoms with Crippen molar-refractivity contribution in [2.45, 2.75) is 51.6 Å². The molecule has 0 aliphatic carbocycles. The van der Waals surface area contributed by atoms with Crippen molar-refractivity contribution in [1.29, 1.82) is 0 Å². The zero-order chi connectivity index (χ0) is 12.3. The molecule has 2 saturated heterocycles. The minimum Gasteiger partial charge on any atom is -0.385 e. The van der Waals surface area contributed by atoms with Crippen molar-refractivity contribution in [2.75, 3.05) is 33.4 Å². The van der Waals surface area contributed by atoms with Crippen LogP contribution in [0.25, 0.3) is 0 Å². The van der Waals surface area contributed by atoms with E-state index in [0.717, 1.165) is 31.7 Å². The van der Waals surface area contributed by atoms with Crippen LogP contribution in [0.15, 0.2) is 0 Å². The Morgan fingerprint density at radius 3 is 2.88 bits per heavy atom. The summed E-state index contributed by atoms with van der Waals surface area (Å²) < 4.78 is 5.18. The third-order valence-corrected chi connectivity index (χ3v) is 4.43. The van der Waals surface area contributed by atoms with Gasteiger partial charge in [0, 0.05) is 38.9 Å². The molecule has 3 heteroatoms. The summed E-state index contributed by atoms with van der Waals surface area (Å²) in [5, 5.41) is 3.80. The SMILES string of the molecule is COCCC(C)(C)CNC1CCN2CCCC12. The minimum atomic E-state index is 0.349. The van der Waals surface area contributed by atoms with Gasteiger partial charge in [0.15, 0.2) is 0 Å². The van der Waals surface area contributed by atoms with E-state index in [1.165, 1.54) is 32.4 Å². The highest BCUT2D eigenvalue weighted by Crippen LogP contribution is 2.29. The van der Waals surface area contributed by atoms with Crippen molar-refractivity contribution in [3.63, 3.8) is 0 Å². The van der Waals surface area contributed by atoms with E-state index in [1.54, 1.807) is 7.11 Å². The van der Waals surface area contributed by atoms with Gasteiger partial charge in [0.05, 0.1) is 0 Å². The molecule has 0 bridgehead atoms. The van der Waals surface area contributed by atoms with Crippen molar-refractivity contribution in [3.8, 4) is 0 Å². The molecule has 17 heavy (non-hydrogen) atoms. The van der Waals surface area contributed by atoms with Crippen LogP contribution >= 0.6 is 0 Å². The molecule has 0 saturated carbocycles. The lowest BCUT2D eigenvalue weighted by Gasteiger charge is -2.29. The van der Waals surface area contributed by atoms with Gasteiger partial charge in [0.25, 0.3) is 0 Å². The van der Waals surface area contributed by atoms with E-state index in [1.807, 2.05) is 0 Å². The van der Waals surface area contributed by atoms with Crippen LogP contribution in [0, 0.1) is 5.41 Å². The Bertz CT molecular complexity index is 242. The Hall–Kier alpha value is -0.120.